The van der Waals surface area contributed by atoms with E-state index in [1.807, 2.05) is 0 Å². The van der Waals surface area contributed by atoms with E-state index in [1.54, 1.807) is 0 Å². The minimum absolute atomic E-state index is 0.473. The summed E-state index contributed by atoms with van der Waals surface area (Å²) in [5.41, 5.74) is 3.86. The Morgan fingerprint density at radius 1 is 1.21 bits per heavy atom. The minimum Gasteiger partial charge on any atom is -0.361 e. The monoisotopic (exact) mass is 384 g/mol. The Morgan fingerprint density at radius 3 is 2.75 bits per heavy atom. The van der Waals surface area contributed by atoms with Gasteiger partial charge in [0, 0.05) is 62.4 Å². The number of aliphatic imine (C=N–C) groups is 1. The molecule has 1 aliphatic heterocycles. The minimum atomic E-state index is 0.473. The highest BCUT2D eigenvalue weighted by Crippen LogP contribution is 2.19. The molecule has 0 aliphatic carbocycles. The summed E-state index contributed by atoms with van der Waals surface area (Å²) in [6, 6.07) is 7.07. The molecule has 1 unspecified atom stereocenters. The van der Waals surface area contributed by atoms with Gasteiger partial charge in [-0.15, -0.1) is 0 Å². The molecule has 28 heavy (non-hydrogen) atoms. The molecule has 1 atom stereocenters. The van der Waals surface area contributed by atoms with Crippen molar-refractivity contribution in [3.05, 3.63) is 35.5 Å². The van der Waals surface area contributed by atoms with E-state index < -0.39 is 0 Å². The molecule has 2 heterocycles. The summed E-state index contributed by atoms with van der Waals surface area (Å²) in [4.78, 5) is 13.2. The zero-order valence-electron chi connectivity index (χ0n) is 17.9. The van der Waals surface area contributed by atoms with Crippen molar-refractivity contribution in [2.24, 2.45) is 4.99 Å². The molecule has 1 aromatic heterocycles. The van der Waals surface area contributed by atoms with Gasteiger partial charge in [0.15, 0.2) is 5.96 Å². The molecular formula is C22H36N6. The van der Waals surface area contributed by atoms with E-state index in [4.69, 9.17) is 4.99 Å². The van der Waals surface area contributed by atoms with Gasteiger partial charge < -0.3 is 20.5 Å². The van der Waals surface area contributed by atoms with Gasteiger partial charge >= 0.3 is 0 Å². The Balaban J connectivity index is 1.51. The zero-order valence-corrected chi connectivity index (χ0v) is 17.9. The third-order valence-corrected chi connectivity index (χ3v) is 5.63. The summed E-state index contributed by atoms with van der Waals surface area (Å²) in [5, 5.41) is 8.19. The summed E-state index contributed by atoms with van der Waals surface area (Å²) >= 11 is 0. The van der Waals surface area contributed by atoms with Crippen LogP contribution in [-0.4, -0.2) is 79.6 Å². The van der Waals surface area contributed by atoms with E-state index in [9.17, 15) is 0 Å². The lowest BCUT2D eigenvalue weighted by Crippen LogP contribution is -2.49. The van der Waals surface area contributed by atoms with Crippen molar-refractivity contribution in [2.75, 3.05) is 52.9 Å². The fraction of sp³-hybridized carbons (Fsp3) is 0.591. The number of aromatic amines is 1. The van der Waals surface area contributed by atoms with E-state index in [-0.39, 0.29) is 0 Å². The van der Waals surface area contributed by atoms with Crippen molar-refractivity contribution in [3.63, 3.8) is 0 Å². The number of aryl methyl sites for hydroxylation is 1. The van der Waals surface area contributed by atoms with Crippen LogP contribution in [0.3, 0.4) is 0 Å². The number of nitrogens with zero attached hydrogens (tertiary/aromatic N) is 3. The van der Waals surface area contributed by atoms with Crippen LogP contribution in [-0.2, 0) is 6.42 Å². The van der Waals surface area contributed by atoms with Crippen LogP contribution >= 0.6 is 0 Å². The molecule has 6 heteroatoms. The first-order valence-electron chi connectivity index (χ1n) is 10.6. The number of rotatable bonds is 7. The van der Waals surface area contributed by atoms with E-state index in [2.05, 4.69) is 77.6 Å². The molecule has 1 saturated heterocycles. The topological polar surface area (TPSA) is 58.7 Å². The van der Waals surface area contributed by atoms with E-state index in [1.165, 1.54) is 22.0 Å². The molecule has 0 radical (unpaired) electrons. The Morgan fingerprint density at radius 2 is 2.00 bits per heavy atom. The van der Waals surface area contributed by atoms with Gasteiger partial charge in [-0.25, -0.2) is 0 Å². The van der Waals surface area contributed by atoms with Gasteiger partial charge in [-0.2, -0.15) is 0 Å². The number of likely N-dealkylation sites (N-methyl/N-ethyl adjacent to an activating group) is 1. The Bertz CT molecular complexity index is 772. The lowest BCUT2D eigenvalue weighted by molar-refractivity contribution is 0.122. The quantitative estimate of drug-likeness (QED) is 0.506. The fourth-order valence-corrected chi connectivity index (χ4v) is 3.77. The average molecular weight is 385 g/mol. The van der Waals surface area contributed by atoms with E-state index in [0.717, 1.165) is 58.2 Å². The second-order valence-electron chi connectivity index (χ2n) is 7.95. The molecule has 3 rings (SSSR count). The molecule has 0 bridgehead atoms. The highest BCUT2D eigenvalue weighted by atomic mass is 15.3. The van der Waals surface area contributed by atoms with Gasteiger partial charge in [-0.05, 0) is 51.4 Å². The molecule has 1 aliphatic rings. The zero-order chi connectivity index (χ0) is 19.9. The van der Waals surface area contributed by atoms with Crippen LogP contribution in [0, 0.1) is 6.92 Å². The Hall–Kier alpha value is -2.05. The van der Waals surface area contributed by atoms with Crippen LogP contribution in [0.1, 0.15) is 25.0 Å². The molecule has 1 aromatic carbocycles. The first-order valence-corrected chi connectivity index (χ1v) is 10.6. The number of fused-ring (bicyclic) bond motifs is 1. The lowest BCUT2D eigenvalue weighted by atomic mass is 10.1. The number of piperazine rings is 1. The molecule has 0 amide bonds. The number of guanidine groups is 1. The van der Waals surface area contributed by atoms with Crippen LogP contribution in [0.4, 0.5) is 0 Å². The summed E-state index contributed by atoms with van der Waals surface area (Å²) in [7, 11) is 2.20. The molecule has 2 aromatic rings. The van der Waals surface area contributed by atoms with Gasteiger partial charge in [0.2, 0.25) is 0 Å². The van der Waals surface area contributed by atoms with Crippen molar-refractivity contribution in [1.82, 2.24) is 25.4 Å². The number of benzene rings is 1. The fourth-order valence-electron chi connectivity index (χ4n) is 3.77. The van der Waals surface area contributed by atoms with Crippen molar-refractivity contribution in [3.8, 4) is 0 Å². The summed E-state index contributed by atoms with van der Waals surface area (Å²) < 4.78 is 0. The Kier molecular flexibility index (Phi) is 7.34. The highest BCUT2D eigenvalue weighted by molar-refractivity contribution is 5.84. The second kappa shape index (κ2) is 9.94. The predicted molar refractivity (Wildman–Crippen MR) is 119 cm³/mol. The molecule has 1 fully saturated rings. The lowest BCUT2D eigenvalue weighted by Gasteiger charge is -2.35. The van der Waals surface area contributed by atoms with Crippen molar-refractivity contribution >= 4 is 16.9 Å². The number of aromatic nitrogens is 1. The van der Waals surface area contributed by atoms with Crippen LogP contribution in [0.5, 0.6) is 0 Å². The van der Waals surface area contributed by atoms with Crippen molar-refractivity contribution in [1.29, 1.82) is 0 Å². The van der Waals surface area contributed by atoms with Crippen LogP contribution < -0.4 is 10.6 Å². The first-order chi connectivity index (χ1) is 13.6. The maximum absolute atomic E-state index is 4.83. The normalized spacial score (nSPS) is 17.8. The third-order valence-electron chi connectivity index (χ3n) is 5.63. The third kappa shape index (κ3) is 5.49. The number of hydrogen-bond acceptors (Lipinski definition) is 3. The molecule has 3 N–H and O–H groups in total. The molecular weight excluding hydrogens is 348 g/mol. The summed E-state index contributed by atoms with van der Waals surface area (Å²) in [5.74, 6) is 0.916. The first kappa shape index (κ1) is 20.7. The summed E-state index contributed by atoms with van der Waals surface area (Å²) in [6.07, 6.45) is 3.10. The maximum Gasteiger partial charge on any atom is 0.191 e. The average Bonchev–Trinajstić information content (AvgIpc) is 3.08. The van der Waals surface area contributed by atoms with Crippen molar-refractivity contribution < 1.29 is 0 Å². The predicted octanol–water partition coefficient (Wildman–Crippen LogP) is 2.21. The molecule has 154 valence electrons. The molecule has 6 nitrogen and oxygen atoms in total. The second-order valence-corrected chi connectivity index (χ2v) is 7.95. The smallest absolute Gasteiger partial charge is 0.191 e. The van der Waals surface area contributed by atoms with E-state index in [0.29, 0.717) is 6.04 Å². The summed E-state index contributed by atoms with van der Waals surface area (Å²) in [6.45, 7) is 13.7. The number of hydrogen-bond donors (Lipinski definition) is 3. The highest BCUT2D eigenvalue weighted by Gasteiger charge is 2.18. The van der Waals surface area contributed by atoms with Gasteiger partial charge in [0.05, 0.1) is 6.54 Å². The van der Waals surface area contributed by atoms with Crippen LogP contribution in [0.25, 0.3) is 10.9 Å². The van der Waals surface area contributed by atoms with Crippen LogP contribution in [0.2, 0.25) is 0 Å². The SMILES string of the molecule is CCNC(=NCC(C)N1CCN(C)CC1)NCCc1c[nH]c2cc(C)ccc12. The molecule has 0 spiro atoms. The van der Waals surface area contributed by atoms with Gasteiger partial charge in [0.25, 0.3) is 0 Å². The van der Waals surface area contributed by atoms with Crippen LogP contribution in [0.15, 0.2) is 29.4 Å². The molecule has 0 saturated carbocycles. The van der Waals surface area contributed by atoms with Gasteiger partial charge in [-0.1, -0.05) is 12.1 Å². The van der Waals surface area contributed by atoms with Gasteiger partial charge in [0.1, 0.15) is 0 Å². The Labute approximate surface area is 169 Å². The number of nitrogens with one attached hydrogen (secondary N) is 3. The maximum atomic E-state index is 4.83. The van der Waals surface area contributed by atoms with Gasteiger partial charge in [-0.3, -0.25) is 9.89 Å². The standard InChI is InChI=1S/C22H36N6/c1-5-23-22(26-15-18(3)28-12-10-27(4)11-13-28)24-9-8-19-16-25-21-14-17(2)6-7-20(19)21/h6-7,14,16,18,25H,5,8-13,15H2,1-4H3,(H2,23,24,26). The van der Waals surface area contributed by atoms with Crippen molar-refractivity contribution in [2.45, 2.75) is 33.2 Å². The largest absolute Gasteiger partial charge is 0.361 e. The number of H-pyrrole nitrogens is 1. The van der Waals surface area contributed by atoms with E-state index >= 15 is 0 Å².